The summed E-state index contributed by atoms with van der Waals surface area (Å²) in [4.78, 5) is 21.4. The SMILES string of the molecule is CN(N=O)C(=O)C1CCCCC1. The highest BCUT2D eigenvalue weighted by atomic mass is 16.3. The van der Waals surface area contributed by atoms with Crippen LogP contribution < -0.4 is 0 Å². The minimum Gasteiger partial charge on any atom is -0.273 e. The maximum absolute atomic E-state index is 11.4. The van der Waals surface area contributed by atoms with Crippen molar-refractivity contribution in [1.29, 1.82) is 0 Å². The Morgan fingerprint density at radius 3 is 2.42 bits per heavy atom. The summed E-state index contributed by atoms with van der Waals surface area (Å²) in [5.41, 5.74) is 0. The number of nitroso groups, excluding NO2 is 1. The summed E-state index contributed by atoms with van der Waals surface area (Å²) in [5, 5.41) is 3.51. The third kappa shape index (κ3) is 2.03. The number of amides is 1. The van der Waals surface area contributed by atoms with E-state index in [1.54, 1.807) is 0 Å². The molecule has 1 fully saturated rings. The largest absolute Gasteiger partial charge is 0.273 e. The average Bonchev–Trinajstić information content (AvgIpc) is 2.17. The highest BCUT2D eigenvalue weighted by Gasteiger charge is 2.24. The molecule has 0 unspecified atom stereocenters. The molecule has 0 N–H and O–H groups in total. The molecule has 1 aliphatic carbocycles. The molecule has 1 amide bonds. The van der Waals surface area contributed by atoms with E-state index < -0.39 is 0 Å². The molecular formula is C8H14N2O2. The molecule has 4 heteroatoms. The summed E-state index contributed by atoms with van der Waals surface area (Å²) in [6, 6.07) is 0. The Morgan fingerprint density at radius 1 is 1.33 bits per heavy atom. The predicted molar refractivity (Wildman–Crippen MR) is 45.1 cm³/mol. The Kier molecular flexibility index (Phi) is 3.19. The monoisotopic (exact) mass is 170 g/mol. The van der Waals surface area contributed by atoms with Crippen molar-refractivity contribution in [2.75, 3.05) is 7.05 Å². The van der Waals surface area contributed by atoms with Gasteiger partial charge in [-0.2, -0.15) is 5.01 Å². The number of rotatable bonds is 2. The first-order valence-electron chi connectivity index (χ1n) is 4.36. The molecule has 4 nitrogen and oxygen atoms in total. The molecule has 1 aliphatic rings. The smallest absolute Gasteiger partial charge is 0.248 e. The van der Waals surface area contributed by atoms with Gasteiger partial charge in [0.2, 0.25) is 5.91 Å². The van der Waals surface area contributed by atoms with Crippen molar-refractivity contribution < 1.29 is 4.79 Å². The van der Waals surface area contributed by atoms with Crippen LogP contribution in [-0.2, 0) is 4.79 Å². The topological polar surface area (TPSA) is 49.7 Å². The molecule has 0 aromatic rings. The van der Waals surface area contributed by atoms with Gasteiger partial charge in [-0.3, -0.25) is 4.79 Å². The van der Waals surface area contributed by atoms with Crippen molar-refractivity contribution in [1.82, 2.24) is 5.01 Å². The molecule has 0 radical (unpaired) electrons. The van der Waals surface area contributed by atoms with E-state index >= 15 is 0 Å². The average molecular weight is 170 g/mol. The summed E-state index contributed by atoms with van der Waals surface area (Å²) in [6.07, 6.45) is 5.24. The molecule has 0 saturated heterocycles. The molecule has 0 aromatic carbocycles. The van der Waals surface area contributed by atoms with E-state index in [1.807, 2.05) is 0 Å². The molecule has 0 atom stereocenters. The van der Waals surface area contributed by atoms with Crippen LogP contribution in [0.4, 0.5) is 0 Å². The van der Waals surface area contributed by atoms with E-state index in [9.17, 15) is 9.70 Å². The zero-order valence-corrected chi connectivity index (χ0v) is 7.32. The minimum absolute atomic E-state index is 0.0430. The van der Waals surface area contributed by atoms with Crippen LogP contribution in [0.25, 0.3) is 0 Å². The van der Waals surface area contributed by atoms with Crippen LogP contribution in [0.2, 0.25) is 0 Å². The van der Waals surface area contributed by atoms with E-state index in [2.05, 4.69) is 5.29 Å². The van der Waals surface area contributed by atoms with Gasteiger partial charge in [0.25, 0.3) is 0 Å². The Bertz CT molecular complexity index is 176. The number of hydrogen-bond acceptors (Lipinski definition) is 3. The van der Waals surface area contributed by atoms with E-state index in [-0.39, 0.29) is 11.8 Å². The van der Waals surface area contributed by atoms with Crippen LogP contribution >= 0.6 is 0 Å². The standard InChI is InChI=1S/C8H14N2O2/c1-10(9-12)8(11)7-5-3-2-4-6-7/h7H,2-6H2,1H3. The zero-order chi connectivity index (χ0) is 8.97. The van der Waals surface area contributed by atoms with Crippen LogP contribution in [0.15, 0.2) is 5.29 Å². The van der Waals surface area contributed by atoms with Crippen molar-refractivity contribution in [3.63, 3.8) is 0 Å². The second kappa shape index (κ2) is 4.18. The molecule has 1 rings (SSSR count). The van der Waals surface area contributed by atoms with E-state index in [1.165, 1.54) is 13.5 Å². The Labute approximate surface area is 71.9 Å². The molecule has 12 heavy (non-hydrogen) atoms. The fraction of sp³-hybridized carbons (Fsp3) is 0.875. The second-order valence-electron chi connectivity index (χ2n) is 3.28. The van der Waals surface area contributed by atoms with Crippen molar-refractivity contribution in [2.45, 2.75) is 32.1 Å². The van der Waals surface area contributed by atoms with E-state index in [0.29, 0.717) is 0 Å². The summed E-state index contributed by atoms with van der Waals surface area (Å²) < 4.78 is 0. The fourth-order valence-corrected chi connectivity index (χ4v) is 1.65. The van der Waals surface area contributed by atoms with Crippen LogP contribution in [-0.4, -0.2) is 18.0 Å². The van der Waals surface area contributed by atoms with Crippen molar-refractivity contribution in [2.24, 2.45) is 11.2 Å². The van der Waals surface area contributed by atoms with Crippen LogP contribution in [0, 0.1) is 10.8 Å². The Morgan fingerprint density at radius 2 is 1.92 bits per heavy atom. The molecule has 68 valence electrons. The zero-order valence-electron chi connectivity index (χ0n) is 7.32. The number of nitrogens with zero attached hydrogens (tertiary/aromatic N) is 2. The second-order valence-corrected chi connectivity index (χ2v) is 3.28. The number of carbonyl (C=O) groups is 1. The molecule has 0 aromatic heterocycles. The Hall–Kier alpha value is -0.930. The van der Waals surface area contributed by atoms with Crippen molar-refractivity contribution >= 4 is 5.91 Å². The maximum Gasteiger partial charge on any atom is 0.248 e. The first-order chi connectivity index (χ1) is 5.75. The van der Waals surface area contributed by atoms with Gasteiger partial charge in [-0.25, -0.2) is 0 Å². The summed E-state index contributed by atoms with van der Waals surface area (Å²) in [7, 11) is 1.42. The molecule has 0 spiro atoms. The van der Waals surface area contributed by atoms with Gasteiger partial charge in [-0.1, -0.05) is 19.3 Å². The maximum atomic E-state index is 11.4. The van der Waals surface area contributed by atoms with Crippen LogP contribution in [0.1, 0.15) is 32.1 Å². The van der Waals surface area contributed by atoms with E-state index in [0.717, 1.165) is 30.7 Å². The normalized spacial score (nSPS) is 18.8. The van der Waals surface area contributed by atoms with Gasteiger partial charge >= 0.3 is 0 Å². The third-order valence-electron chi connectivity index (χ3n) is 2.40. The van der Waals surface area contributed by atoms with Gasteiger partial charge in [0, 0.05) is 13.0 Å². The summed E-state index contributed by atoms with van der Waals surface area (Å²) in [5.74, 6) is -0.0776. The van der Waals surface area contributed by atoms with E-state index in [4.69, 9.17) is 0 Å². The van der Waals surface area contributed by atoms with Gasteiger partial charge in [0.1, 0.15) is 0 Å². The number of hydrogen-bond donors (Lipinski definition) is 0. The van der Waals surface area contributed by atoms with Gasteiger partial charge in [-0.05, 0) is 12.8 Å². The molecule has 0 heterocycles. The fourth-order valence-electron chi connectivity index (χ4n) is 1.65. The van der Waals surface area contributed by atoms with Crippen molar-refractivity contribution in [3.8, 4) is 0 Å². The lowest BCUT2D eigenvalue weighted by atomic mass is 9.88. The van der Waals surface area contributed by atoms with Gasteiger partial charge < -0.3 is 0 Å². The van der Waals surface area contributed by atoms with Gasteiger partial charge in [0.05, 0.1) is 5.29 Å². The quantitative estimate of drug-likeness (QED) is 0.468. The summed E-state index contributed by atoms with van der Waals surface area (Å²) in [6.45, 7) is 0. The molecular weight excluding hydrogens is 156 g/mol. The lowest BCUT2D eigenvalue weighted by molar-refractivity contribution is -0.135. The highest BCUT2D eigenvalue weighted by Crippen LogP contribution is 2.24. The lowest BCUT2D eigenvalue weighted by Gasteiger charge is -2.21. The molecule has 1 saturated carbocycles. The van der Waals surface area contributed by atoms with Crippen LogP contribution in [0.5, 0.6) is 0 Å². The van der Waals surface area contributed by atoms with Gasteiger partial charge in [-0.15, -0.1) is 4.91 Å². The summed E-state index contributed by atoms with van der Waals surface area (Å²) >= 11 is 0. The molecule has 0 aliphatic heterocycles. The Balaban J connectivity index is 2.44. The predicted octanol–water partition coefficient (Wildman–Crippen LogP) is 1.71. The highest BCUT2D eigenvalue weighted by molar-refractivity contribution is 5.78. The van der Waals surface area contributed by atoms with Crippen molar-refractivity contribution in [3.05, 3.63) is 4.91 Å². The third-order valence-corrected chi connectivity index (χ3v) is 2.40. The van der Waals surface area contributed by atoms with Gasteiger partial charge in [0.15, 0.2) is 0 Å². The van der Waals surface area contributed by atoms with Crippen LogP contribution in [0.3, 0.4) is 0 Å². The first-order valence-corrected chi connectivity index (χ1v) is 4.36. The molecule has 0 bridgehead atoms. The minimum atomic E-state index is -0.121. The first kappa shape index (κ1) is 9.16. The lowest BCUT2D eigenvalue weighted by Crippen LogP contribution is -2.29. The number of carbonyl (C=O) groups excluding carboxylic acids is 1.